The standard InChI is InChI=1S/C20H19F3N4O3/c1-29-16-9-13(24-19(28)14-3-2-4-17(25-14)20(21,22)23)10-27-11-15(26-18(16)27)12-5-7-30-8-6-12/h2-4,9-12H,5-8H2,1H3,(H,24,28). The number of ether oxygens (including phenoxy) is 2. The van der Waals surface area contributed by atoms with Gasteiger partial charge in [-0.3, -0.25) is 4.79 Å². The molecule has 0 bridgehead atoms. The van der Waals surface area contributed by atoms with Crippen LogP contribution in [0.25, 0.3) is 5.65 Å². The summed E-state index contributed by atoms with van der Waals surface area (Å²) in [7, 11) is 1.48. The lowest BCUT2D eigenvalue weighted by molar-refractivity contribution is -0.141. The molecule has 30 heavy (non-hydrogen) atoms. The summed E-state index contributed by atoms with van der Waals surface area (Å²) in [5, 5.41) is 2.58. The van der Waals surface area contributed by atoms with E-state index in [0.29, 0.717) is 30.3 Å². The highest BCUT2D eigenvalue weighted by Gasteiger charge is 2.33. The van der Waals surface area contributed by atoms with E-state index >= 15 is 0 Å². The van der Waals surface area contributed by atoms with Gasteiger partial charge in [0.1, 0.15) is 11.4 Å². The number of halogens is 3. The van der Waals surface area contributed by atoms with Crippen LogP contribution in [0.3, 0.4) is 0 Å². The largest absolute Gasteiger partial charge is 0.493 e. The number of aromatic nitrogens is 3. The van der Waals surface area contributed by atoms with Crippen LogP contribution in [0.4, 0.5) is 18.9 Å². The van der Waals surface area contributed by atoms with E-state index in [0.717, 1.165) is 30.7 Å². The van der Waals surface area contributed by atoms with Gasteiger partial charge >= 0.3 is 6.18 Å². The molecule has 0 aliphatic carbocycles. The van der Waals surface area contributed by atoms with E-state index in [1.54, 1.807) is 16.7 Å². The second-order valence-corrected chi connectivity index (χ2v) is 6.94. The quantitative estimate of drug-likeness (QED) is 0.693. The first-order chi connectivity index (χ1) is 14.3. The van der Waals surface area contributed by atoms with E-state index in [1.165, 1.54) is 13.2 Å². The summed E-state index contributed by atoms with van der Waals surface area (Å²) in [6.07, 6.45) is 0.620. The lowest BCUT2D eigenvalue weighted by atomic mass is 9.97. The maximum Gasteiger partial charge on any atom is 0.433 e. The number of nitrogens with one attached hydrogen (secondary N) is 1. The van der Waals surface area contributed by atoms with Gasteiger partial charge in [-0.2, -0.15) is 13.2 Å². The number of pyridine rings is 2. The molecule has 0 unspecified atom stereocenters. The van der Waals surface area contributed by atoms with Crippen LogP contribution in [0.15, 0.2) is 36.7 Å². The molecule has 10 heteroatoms. The van der Waals surface area contributed by atoms with Gasteiger partial charge in [0, 0.05) is 37.6 Å². The van der Waals surface area contributed by atoms with Crippen molar-refractivity contribution in [3.8, 4) is 5.75 Å². The molecule has 0 aromatic carbocycles. The molecule has 1 N–H and O–H groups in total. The average molecular weight is 420 g/mol. The summed E-state index contributed by atoms with van der Waals surface area (Å²) in [5.41, 5.74) is 0.379. The number of hydrogen-bond acceptors (Lipinski definition) is 5. The molecule has 0 radical (unpaired) electrons. The van der Waals surface area contributed by atoms with Crippen LogP contribution in [0.2, 0.25) is 0 Å². The molecular weight excluding hydrogens is 401 g/mol. The number of carbonyl (C=O) groups is 1. The summed E-state index contributed by atoms with van der Waals surface area (Å²) in [5.74, 6) is -0.0499. The van der Waals surface area contributed by atoms with Gasteiger partial charge in [-0.05, 0) is 25.0 Å². The van der Waals surface area contributed by atoms with Gasteiger partial charge in [-0.25, -0.2) is 9.97 Å². The van der Waals surface area contributed by atoms with Gasteiger partial charge in [0.25, 0.3) is 5.91 Å². The first-order valence-electron chi connectivity index (χ1n) is 9.35. The predicted molar refractivity (Wildman–Crippen MR) is 102 cm³/mol. The van der Waals surface area contributed by atoms with Gasteiger partial charge < -0.3 is 19.2 Å². The summed E-state index contributed by atoms with van der Waals surface area (Å²) in [6.45, 7) is 1.36. The molecule has 0 atom stereocenters. The van der Waals surface area contributed by atoms with E-state index in [9.17, 15) is 18.0 Å². The van der Waals surface area contributed by atoms with Crippen molar-refractivity contribution in [2.45, 2.75) is 24.9 Å². The Labute approximate surface area is 169 Å². The van der Waals surface area contributed by atoms with Crippen LogP contribution in [-0.2, 0) is 10.9 Å². The van der Waals surface area contributed by atoms with Gasteiger partial charge in [0.2, 0.25) is 0 Å². The number of amides is 1. The number of fused-ring (bicyclic) bond motifs is 1. The molecule has 1 fully saturated rings. The Hall–Kier alpha value is -3.14. The first-order valence-corrected chi connectivity index (χ1v) is 9.35. The van der Waals surface area contributed by atoms with Gasteiger partial charge in [0.05, 0.1) is 18.5 Å². The summed E-state index contributed by atoms with van der Waals surface area (Å²) < 4.78 is 51.1. The lowest BCUT2D eigenvalue weighted by Gasteiger charge is -2.19. The zero-order valence-electron chi connectivity index (χ0n) is 16.1. The Morgan fingerprint density at radius 2 is 2.00 bits per heavy atom. The molecule has 1 saturated heterocycles. The number of nitrogens with zero attached hydrogens (tertiary/aromatic N) is 3. The third-order valence-electron chi connectivity index (χ3n) is 4.93. The van der Waals surface area contributed by atoms with E-state index in [4.69, 9.17) is 9.47 Å². The fourth-order valence-corrected chi connectivity index (χ4v) is 3.41. The first kappa shape index (κ1) is 20.1. The zero-order chi connectivity index (χ0) is 21.3. The summed E-state index contributed by atoms with van der Waals surface area (Å²) in [6, 6.07) is 4.75. The third-order valence-corrected chi connectivity index (χ3v) is 4.93. The van der Waals surface area contributed by atoms with Crippen molar-refractivity contribution in [1.29, 1.82) is 0 Å². The molecule has 3 aromatic heterocycles. The van der Waals surface area contributed by atoms with Crippen LogP contribution in [0.5, 0.6) is 5.75 Å². The van der Waals surface area contributed by atoms with Crippen LogP contribution < -0.4 is 10.1 Å². The number of methoxy groups -OCH3 is 1. The number of alkyl halides is 3. The van der Waals surface area contributed by atoms with E-state index < -0.39 is 17.8 Å². The fraction of sp³-hybridized carbons (Fsp3) is 0.350. The highest BCUT2D eigenvalue weighted by Crippen LogP contribution is 2.31. The molecule has 4 rings (SSSR count). The second kappa shape index (κ2) is 7.94. The Balaban J connectivity index is 1.62. The number of imidazole rings is 1. The van der Waals surface area contributed by atoms with Crippen molar-refractivity contribution in [2.75, 3.05) is 25.6 Å². The molecule has 1 amide bonds. The number of carbonyl (C=O) groups excluding carboxylic acids is 1. The fourth-order valence-electron chi connectivity index (χ4n) is 3.41. The van der Waals surface area contributed by atoms with Crippen LogP contribution >= 0.6 is 0 Å². The average Bonchev–Trinajstić information content (AvgIpc) is 3.17. The molecule has 0 saturated carbocycles. The molecule has 1 aliphatic rings. The normalized spacial score (nSPS) is 15.3. The topological polar surface area (TPSA) is 77.8 Å². The van der Waals surface area contributed by atoms with Gasteiger partial charge in [0.15, 0.2) is 11.4 Å². The van der Waals surface area contributed by atoms with Crippen molar-refractivity contribution in [3.05, 3.63) is 53.7 Å². The third kappa shape index (κ3) is 4.09. The minimum Gasteiger partial charge on any atom is -0.493 e. The van der Waals surface area contributed by atoms with E-state index in [2.05, 4.69) is 15.3 Å². The second-order valence-electron chi connectivity index (χ2n) is 6.94. The van der Waals surface area contributed by atoms with Crippen molar-refractivity contribution < 1.29 is 27.4 Å². The molecule has 0 spiro atoms. The van der Waals surface area contributed by atoms with Crippen molar-refractivity contribution in [2.24, 2.45) is 0 Å². The monoisotopic (exact) mass is 420 g/mol. The highest BCUT2D eigenvalue weighted by molar-refractivity contribution is 6.03. The Kier molecular flexibility index (Phi) is 5.33. The van der Waals surface area contributed by atoms with Crippen molar-refractivity contribution in [3.63, 3.8) is 0 Å². The maximum atomic E-state index is 12.9. The smallest absolute Gasteiger partial charge is 0.433 e. The van der Waals surface area contributed by atoms with E-state index in [-0.39, 0.29) is 11.6 Å². The predicted octanol–water partition coefficient (Wildman–Crippen LogP) is 3.90. The Morgan fingerprint density at radius 3 is 2.70 bits per heavy atom. The van der Waals surface area contributed by atoms with Crippen LogP contribution in [0, 0.1) is 0 Å². The van der Waals surface area contributed by atoms with Crippen LogP contribution in [0.1, 0.15) is 40.6 Å². The Morgan fingerprint density at radius 1 is 1.23 bits per heavy atom. The summed E-state index contributed by atoms with van der Waals surface area (Å²) in [4.78, 5) is 20.5. The zero-order valence-corrected chi connectivity index (χ0v) is 16.1. The van der Waals surface area contributed by atoms with Crippen molar-refractivity contribution in [1.82, 2.24) is 14.4 Å². The minimum atomic E-state index is -4.63. The maximum absolute atomic E-state index is 12.9. The summed E-state index contributed by atoms with van der Waals surface area (Å²) >= 11 is 0. The molecule has 4 heterocycles. The molecule has 158 valence electrons. The molecular formula is C20H19F3N4O3. The molecule has 7 nitrogen and oxygen atoms in total. The molecule has 3 aromatic rings. The number of hydrogen-bond donors (Lipinski definition) is 1. The molecule has 1 aliphatic heterocycles. The van der Waals surface area contributed by atoms with Crippen LogP contribution in [-0.4, -0.2) is 40.6 Å². The van der Waals surface area contributed by atoms with Gasteiger partial charge in [-0.1, -0.05) is 6.07 Å². The lowest BCUT2D eigenvalue weighted by Crippen LogP contribution is -2.17. The SMILES string of the molecule is COc1cc(NC(=O)c2cccc(C(F)(F)F)n2)cn2cc(C3CCOCC3)nc12. The van der Waals surface area contributed by atoms with Gasteiger partial charge in [-0.15, -0.1) is 0 Å². The van der Waals surface area contributed by atoms with E-state index in [1.807, 2.05) is 6.20 Å². The van der Waals surface area contributed by atoms with Crippen molar-refractivity contribution >= 4 is 17.2 Å². The Bertz CT molecular complexity index is 1070. The minimum absolute atomic E-state index is 0.274. The number of anilines is 1. The highest BCUT2D eigenvalue weighted by atomic mass is 19.4. The number of rotatable bonds is 4.